The molecule has 0 saturated carbocycles. The van der Waals surface area contributed by atoms with Crippen molar-refractivity contribution in [2.45, 2.75) is 13.0 Å². The van der Waals surface area contributed by atoms with E-state index < -0.39 is 6.10 Å². The van der Waals surface area contributed by atoms with E-state index in [1.807, 2.05) is 18.2 Å². The summed E-state index contributed by atoms with van der Waals surface area (Å²) in [6.45, 7) is 1.70. The lowest BCUT2D eigenvalue weighted by Crippen LogP contribution is -1.94. The van der Waals surface area contributed by atoms with Crippen molar-refractivity contribution in [1.82, 2.24) is 4.98 Å². The summed E-state index contributed by atoms with van der Waals surface area (Å²) in [7, 11) is 1.60. The molecule has 1 aromatic carbocycles. The Morgan fingerprint density at radius 3 is 2.67 bits per heavy atom. The molecule has 1 heterocycles. The molecule has 94 valence electrons. The third kappa shape index (κ3) is 2.99. The van der Waals surface area contributed by atoms with Gasteiger partial charge in [0, 0.05) is 18.3 Å². The first-order valence-corrected chi connectivity index (χ1v) is 5.65. The summed E-state index contributed by atoms with van der Waals surface area (Å²) in [4.78, 5) is 4.10. The number of nitrogens with zero attached hydrogens (tertiary/aromatic N) is 1. The second-order valence-corrected chi connectivity index (χ2v) is 3.88. The van der Waals surface area contributed by atoms with Crippen LogP contribution in [-0.2, 0) is 0 Å². The zero-order chi connectivity index (χ0) is 13.0. The summed E-state index contributed by atoms with van der Waals surface area (Å²) in [5, 5.41) is 9.49. The minimum atomic E-state index is -0.541. The van der Waals surface area contributed by atoms with E-state index in [9.17, 15) is 5.11 Å². The van der Waals surface area contributed by atoms with Crippen LogP contribution in [0.15, 0.2) is 42.6 Å². The second kappa shape index (κ2) is 5.51. The third-order valence-electron chi connectivity index (χ3n) is 2.50. The smallest absolute Gasteiger partial charge is 0.219 e. The van der Waals surface area contributed by atoms with Crippen molar-refractivity contribution in [1.29, 1.82) is 0 Å². The Bertz CT molecular complexity index is 526. The molecule has 0 fully saturated rings. The number of ether oxygens (including phenoxy) is 2. The lowest BCUT2D eigenvalue weighted by Gasteiger charge is -2.09. The SMILES string of the molecule is COc1cccc(Oc2cc(C(C)O)ccn2)c1. The normalized spacial score (nSPS) is 11.9. The van der Waals surface area contributed by atoms with Gasteiger partial charge < -0.3 is 14.6 Å². The molecule has 0 aliphatic heterocycles. The Labute approximate surface area is 106 Å². The predicted octanol–water partition coefficient (Wildman–Crippen LogP) is 2.94. The highest BCUT2D eigenvalue weighted by molar-refractivity contribution is 5.35. The zero-order valence-electron chi connectivity index (χ0n) is 10.3. The molecule has 2 aromatic rings. The summed E-state index contributed by atoms with van der Waals surface area (Å²) in [6, 6.07) is 10.7. The lowest BCUT2D eigenvalue weighted by atomic mass is 10.2. The van der Waals surface area contributed by atoms with Gasteiger partial charge in [0.05, 0.1) is 13.2 Å². The Balaban J connectivity index is 2.20. The fourth-order valence-electron chi connectivity index (χ4n) is 1.53. The molecule has 1 unspecified atom stereocenters. The lowest BCUT2D eigenvalue weighted by molar-refractivity contribution is 0.198. The molecule has 0 amide bonds. The average molecular weight is 245 g/mol. The molecule has 18 heavy (non-hydrogen) atoms. The number of aromatic nitrogens is 1. The molecule has 0 aliphatic carbocycles. The van der Waals surface area contributed by atoms with Crippen LogP contribution in [0.1, 0.15) is 18.6 Å². The van der Waals surface area contributed by atoms with Crippen molar-refractivity contribution in [3.05, 3.63) is 48.2 Å². The number of methoxy groups -OCH3 is 1. The van der Waals surface area contributed by atoms with Gasteiger partial charge >= 0.3 is 0 Å². The number of benzene rings is 1. The Hall–Kier alpha value is -2.07. The van der Waals surface area contributed by atoms with Crippen LogP contribution in [0.5, 0.6) is 17.4 Å². The van der Waals surface area contributed by atoms with Crippen LogP contribution in [0.2, 0.25) is 0 Å². The molecule has 1 atom stereocenters. The van der Waals surface area contributed by atoms with Gasteiger partial charge in [-0.05, 0) is 30.7 Å². The molecule has 0 saturated heterocycles. The van der Waals surface area contributed by atoms with Gasteiger partial charge in [0.1, 0.15) is 11.5 Å². The number of hydrogen-bond donors (Lipinski definition) is 1. The Morgan fingerprint density at radius 2 is 1.94 bits per heavy atom. The number of rotatable bonds is 4. The van der Waals surface area contributed by atoms with E-state index >= 15 is 0 Å². The maximum Gasteiger partial charge on any atom is 0.219 e. The highest BCUT2D eigenvalue weighted by atomic mass is 16.5. The number of aliphatic hydroxyl groups is 1. The quantitative estimate of drug-likeness (QED) is 0.899. The van der Waals surface area contributed by atoms with E-state index in [1.54, 1.807) is 38.4 Å². The van der Waals surface area contributed by atoms with Crippen molar-refractivity contribution >= 4 is 0 Å². The number of aliphatic hydroxyl groups excluding tert-OH is 1. The van der Waals surface area contributed by atoms with Crippen LogP contribution >= 0.6 is 0 Å². The molecule has 2 rings (SSSR count). The van der Waals surface area contributed by atoms with Crippen molar-refractivity contribution in [3.8, 4) is 17.4 Å². The zero-order valence-corrected chi connectivity index (χ0v) is 10.3. The van der Waals surface area contributed by atoms with Crippen molar-refractivity contribution in [2.75, 3.05) is 7.11 Å². The van der Waals surface area contributed by atoms with Gasteiger partial charge in [0.25, 0.3) is 0 Å². The molecule has 4 nitrogen and oxygen atoms in total. The minimum Gasteiger partial charge on any atom is -0.497 e. The van der Waals surface area contributed by atoms with Gasteiger partial charge in [-0.15, -0.1) is 0 Å². The summed E-state index contributed by atoms with van der Waals surface area (Å²) < 4.78 is 10.7. The molecule has 4 heteroatoms. The predicted molar refractivity (Wildman–Crippen MR) is 67.9 cm³/mol. The van der Waals surface area contributed by atoms with Crippen LogP contribution in [-0.4, -0.2) is 17.2 Å². The molecular weight excluding hydrogens is 230 g/mol. The molecule has 0 bridgehead atoms. The second-order valence-electron chi connectivity index (χ2n) is 3.88. The van der Waals surface area contributed by atoms with E-state index in [4.69, 9.17) is 9.47 Å². The number of hydrogen-bond acceptors (Lipinski definition) is 4. The summed E-state index contributed by atoms with van der Waals surface area (Å²) >= 11 is 0. The Morgan fingerprint density at radius 1 is 1.17 bits per heavy atom. The molecular formula is C14H15NO3. The maximum absolute atomic E-state index is 9.49. The molecule has 0 aliphatic rings. The van der Waals surface area contributed by atoms with Crippen LogP contribution < -0.4 is 9.47 Å². The van der Waals surface area contributed by atoms with Gasteiger partial charge in [-0.25, -0.2) is 4.98 Å². The van der Waals surface area contributed by atoms with Crippen LogP contribution in [0.25, 0.3) is 0 Å². The maximum atomic E-state index is 9.49. The van der Waals surface area contributed by atoms with Crippen molar-refractivity contribution in [2.24, 2.45) is 0 Å². The summed E-state index contributed by atoms with van der Waals surface area (Å²) in [5.41, 5.74) is 0.767. The van der Waals surface area contributed by atoms with Gasteiger partial charge in [-0.1, -0.05) is 6.07 Å². The standard InChI is InChI=1S/C14H15NO3/c1-10(16)11-6-7-15-14(8-11)18-13-5-3-4-12(9-13)17-2/h3-10,16H,1-2H3. The molecule has 1 N–H and O–H groups in total. The first-order chi connectivity index (χ1) is 8.69. The van der Waals surface area contributed by atoms with Crippen molar-refractivity contribution < 1.29 is 14.6 Å². The van der Waals surface area contributed by atoms with E-state index in [-0.39, 0.29) is 0 Å². The van der Waals surface area contributed by atoms with Crippen molar-refractivity contribution in [3.63, 3.8) is 0 Å². The van der Waals surface area contributed by atoms with Gasteiger partial charge in [-0.2, -0.15) is 0 Å². The highest BCUT2D eigenvalue weighted by Crippen LogP contribution is 2.25. The van der Waals surface area contributed by atoms with Crippen LogP contribution in [0, 0.1) is 0 Å². The monoisotopic (exact) mass is 245 g/mol. The number of pyridine rings is 1. The largest absolute Gasteiger partial charge is 0.497 e. The fourth-order valence-corrected chi connectivity index (χ4v) is 1.53. The van der Waals surface area contributed by atoms with E-state index in [0.717, 1.165) is 11.3 Å². The fraction of sp³-hybridized carbons (Fsp3) is 0.214. The third-order valence-corrected chi connectivity index (χ3v) is 2.50. The van der Waals surface area contributed by atoms with E-state index in [1.165, 1.54) is 0 Å². The summed E-state index contributed by atoms with van der Waals surface area (Å²) in [5.74, 6) is 1.81. The first kappa shape index (κ1) is 12.4. The molecule has 1 aromatic heterocycles. The van der Waals surface area contributed by atoms with E-state index in [2.05, 4.69) is 4.98 Å². The van der Waals surface area contributed by atoms with E-state index in [0.29, 0.717) is 11.6 Å². The summed E-state index contributed by atoms with van der Waals surface area (Å²) in [6.07, 6.45) is 1.07. The first-order valence-electron chi connectivity index (χ1n) is 5.65. The Kier molecular flexibility index (Phi) is 3.79. The topological polar surface area (TPSA) is 51.6 Å². The molecule has 0 radical (unpaired) electrons. The van der Waals surface area contributed by atoms with Crippen LogP contribution in [0.4, 0.5) is 0 Å². The minimum absolute atomic E-state index is 0.446. The van der Waals surface area contributed by atoms with Crippen LogP contribution in [0.3, 0.4) is 0 Å². The molecule has 0 spiro atoms. The average Bonchev–Trinajstić information content (AvgIpc) is 2.39. The van der Waals surface area contributed by atoms with Gasteiger partial charge in [0.2, 0.25) is 5.88 Å². The highest BCUT2D eigenvalue weighted by Gasteiger charge is 2.05. The van der Waals surface area contributed by atoms with Gasteiger partial charge in [-0.3, -0.25) is 0 Å². The van der Waals surface area contributed by atoms with Gasteiger partial charge in [0.15, 0.2) is 0 Å².